The van der Waals surface area contributed by atoms with Crippen LogP contribution in [0.5, 0.6) is 0 Å². The maximum Gasteiger partial charge on any atom is 0.0642 e. The van der Waals surface area contributed by atoms with Crippen LogP contribution in [-0.4, -0.2) is 50.8 Å². The summed E-state index contributed by atoms with van der Waals surface area (Å²) < 4.78 is 5.44. The number of piperidine rings is 1. The van der Waals surface area contributed by atoms with Crippen LogP contribution in [0.15, 0.2) is 24.3 Å². The molecule has 1 aromatic carbocycles. The molecule has 1 aliphatic carbocycles. The Morgan fingerprint density at radius 2 is 1.95 bits per heavy atom. The summed E-state index contributed by atoms with van der Waals surface area (Å²) in [6.45, 7) is 9.92. The van der Waals surface area contributed by atoms with E-state index in [4.69, 9.17) is 4.74 Å². The molecule has 2 saturated heterocycles. The Morgan fingerprint density at radius 1 is 1.19 bits per heavy atom. The number of rotatable bonds is 4. The first-order valence-electron chi connectivity index (χ1n) is 8.47. The third kappa shape index (κ3) is 2.36. The molecule has 3 aliphatic rings. The van der Waals surface area contributed by atoms with E-state index in [0.717, 1.165) is 32.2 Å². The molecule has 3 nitrogen and oxygen atoms in total. The molecule has 0 amide bonds. The van der Waals surface area contributed by atoms with Gasteiger partial charge in [0, 0.05) is 37.3 Å². The maximum atomic E-state index is 5.44. The highest BCUT2D eigenvalue weighted by Gasteiger charge is 2.60. The molecule has 4 rings (SSSR count). The summed E-state index contributed by atoms with van der Waals surface area (Å²) in [4.78, 5) is 5.09. The van der Waals surface area contributed by atoms with Crippen molar-refractivity contribution in [3.63, 3.8) is 0 Å². The molecule has 2 unspecified atom stereocenters. The lowest BCUT2D eigenvalue weighted by molar-refractivity contribution is 0.122. The number of hydrogen-bond acceptors (Lipinski definition) is 3. The van der Waals surface area contributed by atoms with Gasteiger partial charge < -0.3 is 14.5 Å². The van der Waals surface area contributed by atoms with Gasteiger partial charge >= 0.3 is 0 Å². The molecule has 0 radical (unpaired) electrons. The van der Waals surface area contributed by atoms with Crippen molar-refractivity contribution in [1.82, 2.24) is 4.90 Å². The summed E-state index contributed by atoms with van der Waals surface area (Å²) in [6, 6.07) is 9.43. The van der Waals surface area contributed by atoms with Crippen LogP contribution in [-0.2, 0) is 10.2 Å². The minimum atomic E-state index is 0.499. The van der Waals surface area contributed by atoms with Gasteiger partial charge in [0.25, 0.3) is 0 Å². The molecule has 1 saturated carbocycles. The predicted molar refractivity (Wildman–Crippen MR) is 86.0 cm³/mol. The Hall–Kier alpha value is -1.06. The van der Waals surface area contributed by atoms with Crippen molar-refractivity contribution >= 4 is 5.69 Å². The van der Waals surface area contributed by atoms with Gasteiger partial charge in [0.1, 0.15) is 0 Å². The third-order valence-corrected chi connectivity index (χ3v) is 5.57. The first-order chi connectivity index (χ1) is 10.3. The van der Waals surface area contributed by atoms with Crippen LogP contribution < -0.4 is 4.90 Å². The smallest absolute Gasteiger partial charge is 0.0642 e. The Balaban J connectivity index is 1.47. The van der Waals surface area contributed by atoms with Gasteiger partial charge in [-0.1, -0.05) is 19.1 Å². The zero-order chi connectivity index (χ0) is 14.3. The van der Waals surface area contributed by atoms with Gasteiger partial charge in [-0.25, -0.2) is 0 Å². The van der Waals surface area contributed by atoms with Gasteiger partial charge in [-0.15, -0.1) is 0 Å². The highest BCUT2D eigenvalue weighted by atomic mass is 16.5. The highest BCUT2D eigenvalue weighted by Crippen LogP contribution is 2.59. The van der Waals surface area contributed by atoms with E-state index in [1.54, 1.807) is 5.56 Å². The molecular weight excluding hydrogens is 260 g/mol. The standard InChI is InChI=1S/C18H26N2O/c1-2-7-19-13-16-12-18(16,14-19)15-3-5-17(6-4-15)20-8-10-21-11-9-20/h3-6,16H,2,7-14H2,1H3. The van der Waals surface area contributed by atoms with Crippen molar-refractivity contribution in [1.29, 1.82) is 0 Å². The largest absolute Gasteiger partial charge is 0.378 e. The number of benzene rings is 1. The molecule has 2 atom stereocenters. The van der Waals surface area contributed by atoms with Gasteiger partial charge in [0.2, 0.25) is 0 Å². The normalized spacial score (nSPS) is 32.2. The predicted octanol–water partition coefficient (Wildman–Crippen LogP) is 2.51. The Labute approximate surface area is 127 Å². The average molecular weight is 286 g/mol. The lowest BCUT2D eigenvalue weighted by Gasteiger charge is -2.29. The second-order valence-electron chi connectivity index (χ2n) is 6.94. The van der Waals surface area contributed by atoms with Crippen LogP contribution in [0.2, 0.25) is 0 Å². The summed E-state index contributed by atoms with van der Waals surface area (Å²) in [5, 5.41) is 0. The lowest BCUT2D eigenvalue weighted by Crippen LogP contribution is -2.36. The van der Waals surface area contributed by atoms with E-state index in [0.29, 0.717) is 5.41 Å². The number of anilines is 1. The van der Waals surface area contributed by atoms with Crippen molar-refractivity contribution in [3.05, 3.63) is 29.8 Å². The van der Waals surface area contributed by atoms with Crippen LogP contribution in [0.1, 0.15) is 25.3 Å². The van der Waals surface area contributed by atoms with E-state index in [9.17, 15) is 0 Å². The zero-order valence-electron chi connectivity index (χ0n) is 13.1. The summed E-state index contributed by atoms with van der Waals surface area (Å²) in [6.07, 6.45) is 2.68. The number of hydrogen-bond donors (Lipinski definition) is 0. The first kappa shape index (κ1) is 13.6. The van der Waals surface area contributed by atoms with Gasteiger partial charge in [-0.2, -0.15) is 0 Å². The topological polar surface area (TPSA) is 15.7 Å². The molecular formula is C18H26N2O. The van der Waals surface area contributed by atoms with Crippen molar-refractivity contribution < 1.29 is 4.74 Å². The molecule has 2 aliphatic heterocycles. The fourth-order valence-electron chi connectivity index (χ4n) is 4.35. The molecule has 3 fully saturated rings. The van der Waals surface area contributed by atoms with Crippen molar-refractivity contribution in [2.45, 2.75) is 25.2 Å². The minimum Gasteiger partial charge on any atom is -0.378 e. The second kappa shape index (κ2) is 5.29. The fraction of sp³-hybridized carbons (Fsp3) is 0.667. The molecule has 3 heteroatoms. The molecule has 0 spiro atoms. The summed E-state index contributed by atoms with van der Waals surface area (Å²) >= 11 is 0. The minimum absolute atomic E-state index is 0.499. The third-order valence-electron chi connectivity index (χ3n) is 5.57. The summed E-state index contributed by atoms with van der Waals surface area (Å²) in [5.74, 6) is 0.915. The highest BCUT2D eigenvalue weighted by molar-refractivity contribution is 5.50. The number of ether oxygens (including phenoxy) is 1. The average Bonchev–Trinajstić information content (AvgIpc) is 3.11. The molecule has 0 bridgehead atoms. The molecule has 114 valence electrons. The van der Waals surface area contributed by atoms with E-state index < -0.39 is 0 Å². The summed E-state index contributed by atoms with van der Waals surface area (Å²) in [7, 11) is 0. The van der Waals surface area contributed by atoms with E-state index in [-0.39, 0.29) is 0 Å². The van der Waals surface area contributed by atoms with Crippen molar-refractivity contribution in [2.75, 3.05) is 50.8 Å². The Morgan fingerprint density at radius 3 is 2.67 bits per heavy atom. The quantitative estimate of drug-likeness (QED) is 0.846. The Kier molecular flexibility index (Phi) is 3.43. The molecule has 0 aromatic heterocycles. The monoisotopic (exact) mass is 286 g/mol. The van der Waals surface area contributed by atoms with Crippen LogP contribution in [0.25, 0.3) is 0 Å². The molecule has 2 heterocycles. The Bertz CT molecular complexity index is 494. The van der Waals surface area contributed by atoms with E-state index in [1.165, 1.54) is 38.2 Å². The van der Waals surface area contributed by atoms with E-state index >= 15 is 0 Å². The molecule has 1 aromatic rings. The number of fused-ring (bicyclic) bond motifs is 1. The lowest BCUT2D eigenvalue weighted by atomic mass is 9.94. The van der Waals surface area contributed by atoms with Crippen LogP contribution in [0, 0.1) is 5.92 Å². The fourth-order valence-corrected chi connectivity index (χ4v) is 4.35. The van der Waals surface area contributed by atoms with Crippen molar-refractivity contribution in [2.24, 2.45) is 5.92 Å². The van der Waals surface area contributed by atoms with Crippen molar-refractivity contribution in [3.8, 4) is 0 Å². The number of morpholine rings is 1. The van der Waals surface area contributed by atoms with Gasteiger partial charge in [0.15, 0.2) is 0 Å². The first-order valence-corrected chi connectivity index (χ1v) is 8.47. The molecule has 0 N–H and O–H groups in total. The number of nitrogens with zero attached hydrogens (tertiary/aromatic N) is 2. The van der Waals surface area contributed by atoms with Gasteiger partial charge in [-0.05, 0) is 43.0 Å². The van der Waals surface area contributed by atoms with E-state index in [1.807, 2.05) is 0 Å². The molecule has 21 heavy (non-hydrogen) atoms. The second-order valence-corrected chi connectivity index (χ2v) is 6.94. The maximum absolute atomic E-state index is 5.44. The zero-order valence-corrected chi connectivity index (χ0v) is 13.1. The SMILES string of the molecule is CCCN1CC2CC2(c2ccc(N3CCOCC3)cc2)C1. The van der Waals surface area contributed by atoms with E-state index in [2.05, 4.69) is 41.0 Å². The van der Waals surface area contributed by atoms with Gasteiger partial charge in [-0.3, -0.25) is 0 Å². The summed E-state index contributed by atoms with van der Waals surface area (Å²) in [5.41, 5.74) is 3.43. The van der Waals surface area contributed by atoms with Crippen LogP contribution >= 0.6 is 0 Å². The van der Waals surface area contributed by atoms with Crippen LogP contribution in [0.3, 0.4) is 0 Å². The number of likely N-dealkylation sites (tertiary alicyclic amines) is 1. The van der Waals surface area contributed by atoms with Crippen LogP contribution in [0.4, 0.5) is 5.69 Å². The van der Waals surface area contributed by atoms with Gasteiger partial charge in [0.05, 0.1) is 13.2 Å².